The van der Waals surface area contributed by atoms with Crippen LogP contribution in [0.3, 0.4) is 0 Å². The highest BCUT2D eigenvalue weighted by molar-refractivity contribution is 5.94. The van der Waals surface area contributed by atoms with Gasteiger partial charge in [-0.25, -0.2) is 4.39 Å². The Bertz CT molecular complexity index is 583. The molecule has 1 atom stereocenters. The van der Waals surface area contributed by atoms with E-state index in [0.717, 1.165) is 0 Å². The summed E-state index contributed by atoms with van der Waals surface area (Å²) >= 11 is 0. The molecule has 24 heavy (non-hydrogen) atoms. The van der Waals surface area contributed by atoms with Crippen molar-refractivity contribution < 1.29 is 14.0 Å². The van der Waals surface area contributed by atoms with E-state index in [1.807, 2.05) is 13.8 Å². The number of nitrogens with zero attached hydrogens (tertiary/aromatic N) is 2. The summed E-state index contributed by atoms with van der Waals surface area (Å²) in [6.45, 7) is 5.87. The SMILES string of the molecule is CC(C)[C@H](N)C(=O)N1CCCN(C(=O)c2cccc(F)c2)CC1.Cl. The number of halogens is 2. The van der Waals surface area contributed by atoms with Crippen LogP contribution in [0.4, 0.5) is 4.39 Å². The van der Waals surface area contributed by atoms with Crippen molar-refractivity contribution in [2.45, 2.75) is 26.3 Å². The van der Waals surface area contributed by atoms with Crippen LogP contribution >= 0.6 is 12.4 Å². The van der Waals surface area contributed by atoms with E-state index in [2.05, 4.69) is 0 Å². The first-order valence-corrected chi connectivity index (χ1v) is 7.99. The highest BCUT2D eigenvalue weighted by atomic mass is 35.5. The molecule has 1 aromatic carbocycles. The molecule has 0 saturated carbocycles. The normalized spacial score (nSPS) is 16.4. The van der Waals surface area contributed by atoms with Crippen molar-refractivity contribution in [1.82, 2.24) is 9.80 Å². The summed E-state index contributed by atoms with van der Waals surface area (Å²) in [5, 5.41) is 0. The third-order valence-corrected chi connectivity index (χ3v) is 4.17. The van der Waals surface area contributed by atoms with Crippen molar-refractivity contribution >= 4 is 24.2 Å². The first kappa shape index (κ1) is 20.4. The van der Waals surface area contributed by atoms with Gasteiger partial charge in [0.05, 0.1) is 6.04 Å². The van der Waals surface area contributed by atoms with Gasteiger partial charge in [-0.15, -0.1) is 12.4 Å². The number of rotatable bonds is 3. The molecule has 1 heterocycles. The van der Waals surface area contributed by atoms with Crippen molar-refractivity contribution in [1.29, 1.82) is 0 Å². The smallest absolute Gasteiger partial charge is 0.254 e. The van der Waals surface area contributed by atoms with Gasteiger partial charge in [0.2, 0.25) is 5.91 Å². The molecule has 1 fully saturated rings. The van der Waals surface area contributed by atoms with Crippen LogP contribution in [-0.2, 0) is 4.79 Å². The van der Waals surface area contributed by atoms with Gasteiger partial charge in [0, 0.05) is 31.7 Å². The van der Waals surface area contributed by atoms with Gasteiger partial charge >= 0.3 is 0 Å². The van der Waals surface area contributed by atoms with E-state index in [4.69, 9.17) is 5.73 Å². The zero-order valence-corrected chi connectivity index (χ0v) is 14.9. The van der Waals surface area contributed by atoms with Gasteiger partial charge in [-0.2, -0.15) is 0 Å². The summed E-state index contributed by atoms with van der Waals surface area (Å²) in [4.78, 5) is 28.2. The van der Waals surface area contributed by atoms with Gasteiger partial charge in [0.1, 0.15) is 5.82 Å². The first-order valence-electron chi connectivity index (χ1n) is 7.99. The minimum atomic E-state index is -0.513. The number of hydrogen-bond donors (Lipinski definition) is 1. The molecule has 0 radical (unpaired) electrons. The zero-order chi connectivity index (χ0) is 17.0. The summed E-state index contributed by atoms with van der Waals surface area (Å²) in [5.41, 5.74) is 6.27. The lowest BCUT2D eigenvalue weighted by atomic mass is 10.0. The lowest BCUT2D eigenvalue weighted by Gasteiger charge is -2.26. The van der Waals surface area contributed by atoms with E-state index in [0.29, 0.717) is 38.2 Å². The molecule has 5 nitrogen and oxygen atoms in total. The van der Waals surface area contributed by atoms with Crippen LogP contribution in [0.2, 0.25) is 0 Å². The quantitative estimate of drug-likeness (QED) is 0.898. The maximum Gasteiger partial charge on any atom is 0.254 e. The number of carbonyl (C=O) groups excluding carboxylic acids is 2. The van der Waals surface area contributed by atoms with Crippen molar-refractivity contribution in [3.63, 3.8) is 0 Å². The molecule has 134 valence electrons. The van der Waals surface area contributed by atoms with Crippen molar-refractivity contribution in [2.24, 2.45) is 11.7 Å². The molecule has 1 aromatic rings. The summed E-state index contributed by atoms with van der Waals surface area (Å²) in [6.07, 6.45) is 0.692. The lowest BCUT2D eigenvalue weighted by molar-refractivity contribution is -0.133. The Labute approximate surface area is 148 Å². The van der Waals surface area contributed by atoms with E-state index >= 15 is 0 Å². The lowest BCUT2D eigenvalue weighted by Crippen LogP contribution is -2.47. The molecular weight excluding hydrogens is 333 g/mol. The number of carbonyl (C=O) groups is 2. The maximum atomic E-state index is 13.3. The van der Waals surface area contributed by atoms with Crippen LogP contribution in [0, 0.1) is 11.7 Å². The average molecular weight is 358 g/mol. The molecule has 1 saturated heterocycles. The highest BCUT2D eigenvalue weighted by Crippen LogP contribution is 2.12. The van der Waals surface area contributed by atoms with Crippen molar-refractivity contribution in [3.8, 4) is 0 Å². The molecule has 0 spiro atoms. The predicted molar refractivity (Wildman–Crippen MR) is 93.6 cm³/mol. The standard InChI is InChI=1S/C17H24FN3O2.ClH/c1-12(2)15(19)17(23)21-8-4-7-20(9-10-21)16(22)13-5-3-6-14(18)11-13;/h3,5-6,11-12,15H,4,7-10,19H2,1-2H3;1H/t15-;/m0./s1. The molecule has 2 N–H and O–H groups in total. The monoisotopic (exact) mass is 357 g/mol. The Kier molecular flexibility index (Phi) is 7.63. The van der Waals surface area contributed by atoms with Gasteiger partial charge in [-0.3, -0.25) is 9.59 Å². The molecule has 0 aliphatic carbocycles. The highest BCUT2D eigenvalue weighted by Gasteiger charge is 2.27. The van der Waals surface area contributed by atoms with Crippen LogP contribution in [0.25, 0.3) is 0 Å². The molecule has 1 aliphatic rings. The average Bonchev–Trinajstić information content (AvgIpc) is 2.78. The Morgan fingerprint density at radius 3 is 2.38 bits per heavy atom. The van der Waals surface area contributed by atoms with Gasteiger partial charge in [0.15, 0.2) is 0 Å². The fourth-order valence-electron chi connectivity index (χ4n) is 2.64. The topological polar surface area (TPSA) is 66.6 Å². The number of nitrogens with two attached hydrogens (primary N) is 1. The summed E-state index contributed by atoms with van der Waals surface area (Å²) in [7, 11) is 0. The minimum absolute atomic E-state index is 0. The summed E-state index contributed by atoms with van der Waals surface area (Å²) < 4.78 is 13.3. The van der Waals surface area contributed by atoms with Crippen LogP contribution in [0.1, 0.15) is 30.6 Å². The predicted octanol–water partition coefficient (Wildman–Crippen LogP) is 1.91. The minimum Gasteiger partial charge on any atom is -0.340 e. The Balaban J connectivity index is 0.00000288. The van der Waals surface area contributed by atoms with Crippen molar-refractivity contribution in [3.05, 3.63) is 35.6 Å². The second-order valence-electron chi connectivity index (χ2n) is 6.25. The van der Waals surface area contributed by atoms with E-state index in [1.54, 1.807) is 15.9 Å². The van der Waals surface area contributed by atoms with Gasteiger partial charge in [-0.1, -0.05) is 19.9 Å². The Morgan fingerprint density at radius 2 is 1.75 bits per heavy atom. The Hall–Kier alpha value is -1.66. The summed E-state index contributed by atoms with van der Waals surface area (Å²) in [5.74, 6) is -0.617. The number of hydrogen-bond acceptors (Lipinski definition) is 3. The number of benzene rings is 1. The van der Waals surface area contributed by atoms with Crippen LogP contribution in [0.15, 0.2) is 24.3 Å². The van der Waals surface area contributed by atoms with Gasteiger partial charge in [-0.05, 0) is 30.5 Å². The second kappa shape index (κ2) is 8.99. The summed E-state index contributed by atoms with van der Waals surface area (Å²) in [6, 6.07) is 5.17. The fraction of sp³-hybridized carbons (Fsp3) is 0.529. The van der Waals surface area contributed by atoms with Gasteiger partial charge < -0.3 is 15.5 Å². The molecule has 1 aliphatic heterocycles. The van der Waals surface area contributed by atoms with Crippen LogP contribution in [0.5, 0.6) is 0 Å². The molecule has 2 amide bonds. The molecule has 0 unspecified atom stereocenters. The maximum absolute atomic E-state index is 13.3. The van der Waals surface area contributed by atoms with Gasteiger partial charge in [0.25, 0.3) is 5.91 Å². The third kappa shape index (κ3) is 4.92. The largest absolute Gasteiger partial charge is 0.340 e. The molecule has 0 bridgehead atoms. The second-order valence-corrected chi connectivity index (χ2v) is 6.25. The van der Waals surface area contributed by atoms with Crippen LogP contribution < -0.4 is 5.73 Å². The molecule has 2 rings (SSSR count). The number of amides is 2. The third-order valence-electron chi connectivity index (χ3n) is 4.17. The fourth-order valence-corrected chi connectivity index (χ4v) is 2.64. The van der Waals surface area contributed by atoms with E-state index in [-0.39, 0.29) is 30.1 Å². The van der Waals surface area contributed by atoms with Crippen molar-refractivity contribution in [2.75, 3.05) is 26.2 Å². The molecule has 7 heteroatoms. The van der Waals surface area contributed by atoms with E-state index in [1.165, 1.54) is 18.2 Å². The Morgan fingerprint density at radius 1 is 1.12 bits per heavy atom. The molecular formula is C17H25ClFN3O2. The first-order chi connectivity index (χ1) is 10.9. The van der Waals surface area contributed by atoms with E-state index < -0.39 is 11.9 Å². The zero-order valence-electron chi connectivity index (χ0n) is 14.1. The van der Waals surface area contributed by atoms with E-state index in [9.17, 15) is 14.0 Å². The molecule has 0 aromatic heterocycles. The van der Waals surface area contributed by atoms with Crippen LogP contribution in [-0.4, -0.2) is 53.8 Å².